The third-order valence-corrected chi connectivity index (χ3v) is 5.04. The molecule has 4 heteroatoms. The molecule has 0 bridgehead atoms. The van der Waals surface area contributed by atoms with Crippen molar-refractivity contribution < 1.29 is 9.53 Å². The summed E-state index contributed by atoms with van der Waals surface area (Å²) in [6.07, 6.45) is 10.1. The van der Waals surface area contributed by atoms with Crippen molar-refractivity contribution in [2.75, 3.05) is 19.8 Å². The molecule has 2 heterocycles. The summed E-state index contributed by atoms with van der Waals surface area (Å²) < 4.78 is 5.82. The van der Waals surface area contributed by atoms with Crippen molar-refractivity contribution in [1.29, 1.82) is 0 Å². The van der Waals surface area contributed by atoms with E-state index >= 15 is 0 Å². The Morgan fingerprint density at radius 1 is 1.09 bits per heavy atom. The van der Waals surface area contributed by atoms with Gasteiger partial charge in [-0.25, -0.2) is 4.98 Å². The van der Waals surface area contributed by atoms with Gasteiger partial charge in [-0.2, -0.15) is 0 Å². The van der Waals surface area contributed by atoms with E-state index in [0.717, 1.165) is 31.6 Å². The van der Waals surface area contributed by atoms with E-state index in [-0.39, 0.29) is 5.92 Å². The molecule has 1 aromatic heterocycles. The molecule has 2 aliphatic rings. The van der Waals surface area contributed by atoms with Crippen LogP contribution in [0.3, 0.4) is 0 Å². The van der Waals surface area contributed by atoms with Crippen LogP contribution < -0.4 is 4.74 Å². The van der Waals surface area contributed by atoms with E-state index in [1.165, 1.54) is 38.5 Å². The van der Waals surface area contributed by atoms with Crippen molar-refractivity contribution >= 4 is 5.78 Å². The molecule has 0 spiro atoms. The molecule has 0 unspecified atom stereocenters. The van der Waals surface area contributed by atoms with Crippen LogP contribution in [0.5, 0.6) is 5.88 Å². The average Bonchev–Trinajstić information content (AvgIpc) is 2.62. The molecule has 1 aromatic rings. The summed E-state index contributed by atoms with van der Waals surface area (Å²) in [4.78, 5) is 19.2. The Bertz CT molecular complexity index is 506. The molecule has 2 fully saturated rings. The highest BCUT2D eigenvalue weighted by Crippen LogP contribution is 2.25. The minimum atomic E-state index is 0.253. The number of likely N-dealkylation sites (tertiary alicyclic amines) is 1. The first kappa shape index (κ1) is 16.4. The number of pyridine rings is 1. The number of ketones is 1. The molecule has 126 valence electrons. The maximum atomic E-state index is 12.4. The SMILES string of the molecule is O=C(Cc1cccc(OCN2CCCCC2)n1)C1CCCCC1. The molecule has 1 saturated carbocycles. The molecule has 1 aliphatic carbocycles. The second-order valence-corrected chi connectivity index (χ2v) is 6.90. The zero-order chi connectivity index (χ0) is 15.9. The van der Waals surface area contributed by atoms with Gasteiger partial charge in [-0.1, -0.05) is 31.7 Å². The molecule has 23 heavy (non-hydrogen) atoms. The Morgan fingerprint density at radius 2 is 1.83 bits per heavy atom. The van der Waals surface area contributed by atoms with Gasteiger partial charge in [-0.05, 0) is 31.7 Å². The topological polar surface area (TPSA) is 42.4 Å². The first-order valence-corrected chi connectivity index (χ1v) is 9.15. The van der Waals surface area contributed by atoms with Crippen LogP contribution in [-0.4, -0.2) is 35.5 Å². The summed E-state index contributed by atoms with van der Waals surface area (Å²) in [5.41, 5.74) is 0.844. The van der Waals surface area contributed by atoms with Crippen molar-refractivity contribution in [3.05, 3.63) is 23.9 Å². The molecular formula is C19H28N2O2. The van der Waals surface area contributed by atoms with Crippen molar-refractivity contribution in [3.8, 4) is 5.88 Å². The van der Waals surface area contributed by atoms with Crippen molar-refractivity contribution in [2.24, 2.45) is 5.92 Å². The molecular weight excluding hydrogens is 288 g/mol. The maximum Gasteiger partial charge on any atom is 0.214 e. The molecule has 4 nitrogen and oxygen atoms in total. The minimum absolute atomic E-state index is 0.253. The molecule has 1 saturated heterocycles. The van der Waals surface area contributed by atoms with E-state index in [2.05, 4.69) is 9.88 Å². The van der Waals surface area contributed by atoms with E-state index in [9.17, 15) is 4.79 Å². The largest absolute Gasteiger partial charge is 0.461 e. The number of hydrogen-bond acceptors (Lipinski definition) is 4. The second kappa shape index (κ2) is 8.44. The fraction of sp³-hybridized carbons (Fsp3) is 0.684. The van der Waals surface area contributed by atoms with Crippen molar-refractivity contribution in [3.63, 3.8) is 0 Å². The second-order valence-electron chi connectivity index (χ2n) is 6.90. The van der Waals surface area contributed by atoms with Gasteiger partial charge < -0.3 is 4.74 Å². The minimum Gasteiger partial charge on any atom is -0.461 e. The van der Waals surface area contributed by atoms with E-state index in [4.69, 9.17) is 4.74 Å². The molecule has 0 atom stereocenters. The average molecular weight is 316 g/mol. The van der Waals surface area contributed by atoms with Gasteiger partial charge in [-0.15, -0.1) is 0 Å². The fourth-order valence-electron chi connectivity index (χ4n) is 3.63. The lowest BCUT2D eigenvalue weighted by molar-refractivity contribution is -0.123. The van der Waals surface area contributed by atoms with Crippen LogP contribution in [0.1, 0.15) is 57.1 Å². The third-order valence-electron chi connectivity index (χ3n) is 5.04. The highest BCUT2D eigenvalue weighted by atomic mass is 16.5. The number of rotatable bonds is 6. The summed E-state index contributed by atoms with van der Waals surface area (Å²) in [6.45, 7) is 2.83. The van der Waals surface area contributed by atoms with E-state index in [0.29, 0.717) is 24.8 Å². The summed E-state index contributed by atoms with van der Waals surface area (Å²) in [6, 6.07) is 5.77. The Morgan fingerprint density at radius 3 is 2.61 bits per heavy atom. The smallest absolute Gasteiger partial charge is 0.214 e. The van der Waals surface area contributed by atoms with Gasteiger partial charge in [0.05, 0.1) is 5.69 Å². The van der Waals surface area contributed by atoms with E-state index in [1.807, 2.05) is 18.2 Å². The van der Waals surface area contributed by atoms with Gasteiger partial charge >= 0.3 is 0 Å². The van der Waals surface area contributed by atoms with Crippen LogP contribution in [0.4, 0.5) is 0 Å². The number of piperidine rings is 1. The lowest BCUT2D eigenvalue weighted by Crippen LogP contribution is -2.33. The molecule has 0 amide bonds. The molecule has 1 aliphatic heterocycles. The van der Waals surface area contributed by atoms with Crippen LogP contribution >= 0.6 is 0 Å². The van der Waals surface area contributed by atoms with Gasteiger partial charge in [0.15, 0.2) is 0 Å². The molecule has 0 radical (unpaired) electrons. The van der Waals surface area contributed by atoms with Gasteiger partial charge in [0.1, 0.15) is 12.5 Å². The monoisotopic (exact) mass is 316 g/mol. The van der Waals surface area contributed by atoms with Gasteiger partial charge in [0.25, 0.3) is 0 Å². The maximum absolute atomic E-state index is 12.4. The predicted octanol–water partition coefficient (Wildman–Crippen LogP) is 3.60. The van der Waals surface area contributed by atoms with Gasteiger partial charge in [-0.3, -0.25) is 9.69 Å². The van der Waals surface area contributed by atoms with Gasteiger partial charge in [0, 0.05) is 31.5 Å². The fourth-order valence-corrected chi connectivity index (χ4v) is 3.63. The number of aromatic nitrogens is 1. The van der Waals surface area contributed by atoms with Crippen molar-refractivity contribution in [2.45, 2.75) is 57.8 Å². The van der Waals surface area contributed by atoms with Crippen LogP contribution in [0.25, 0.3) is 0 Å². The zero-order valence-electron chi connectivity index (χ0n) is 14.0. The van der Waals surface area contributed by atoms with Crippen molar-refractivity contribution in [1.82, 2.24) is 9.88 Å². The number of carbonyl (C=O) groups is 1. The normalized spacial score (nSPS) is 20.3. The highest BCUT2D eigenvalue weighted by molar-refractivity contribution is 5.82. The standard InChI is InChI=1S/C19H28N2O2/c22-18(16-8-3-1-4-9-16)14-17-10-7-11-19(20-17)23-15-21-12-5-2-6-13-21/h7,10-11,16H,1-6,8-9,12-15H2. The van der Waals surface area contributed by atoms with Gasteiger partial charge in [0.2, 0.25) is 5.88 Å². The zero-order valence-corrected chi connectivity index (χ0v) is 14.0. The number of nitrogens with zero attached hydrogens (tertiary/aromatic N) is 2. The number of carbonyl (C=O) groups excluding carboxylic acids is 1. The Labute approximate surface area is 139 Å². The number of ether oxygens (including phenoxy) is 1. The molecule has 3 rings (SSSR count). The lowest BCUT2D eigenvalue weighted by Gasteiger charge is -2.25. The van der Waals surface area contributed by atoms with E-state index in [1.54, 1.807) is 0 Å². The molecule has 0 aromatic carbocycles. The summed E-state index contributed by atoms with van der Waals surface area (Å²) >= 11 is 0. The van der Waals surface area contributed by atoms with Crippen LogP contribution in [-0.2, 0) is 11.2 Å². The summed E-state index contributed by atoms with van der Waals surface area (Å²) in [5, 5.41) is 0. The first-order chi connectivity index (χ1) is 11.3. The third kappa shape index (κ3) is 5.03. The van der Waals surface area contributed by atoms with E-state index < -0.39 is 0 Å². The Balaban J connectivity index is 1.51. The number of hydrogen-bond donors (Lipinski definition) is 0. The predicted molar refractivity (Wildman–Crippen MR) is 90.4 cm³/mol. The Hall–Kier alpha value is -1.42. The van der Waals surface area contributed by atoms with Crippen LogP contribution in [0.15, 0.2) is 18.2 Å². The van der Waals surface area contributed by atoms with Crippen LogP contribution in [0.2, 0.25) is 0 Å². The summed E-state index contributed by atoms with van der Waals surface area (Å²) in [5.74, 6) is 1.25. The number of Topliss-reactive ketones (excluding diaryl/α,β-unsaturated/α-hetero) is 1. The first-order valence-electron chi connectivity index (χ1n) is 9.15. The quantitative estimate of drug-likeness (QED) is 0.804. The lowest BCUT2D eigenvalue weighted by atomic mass is 9.85. The molecule has 0 N–H and O–H groups in total. The Kier molecular flexibility index (Phi) is 6.03. The highest BCUT2D eigenvalue weighted by Gasteiger charge is 2.21. The summed E-state index contributed by atoms with van der Waals surface area (Å²) in [7, 11) is 0. The van der Waals surface area contributed by atoms with Crippen LogP contribution in [0, 0.1) is 5.92 Å².